The van der Waals surface area contributed by atoms with Crippen LogP contribution < -0.4 is 5.32 Å². The second-order valence-corrected chi connectivity index (χ2v) is 5.78. The molecule has 23 heavy (non-hydrogen) atoms. The van der Waals surface area contributed by atoms with Crippen LogP contribution >= 0.6 is 0 Å². The Labute approximate surface area is 136 Å². The zero-order valence-corrected chi connectivity index (χ0v) is 12.9. The van der Waals surface area contributed by atoms with E-state index in [1.165, 1.54) is 5.56 Å². The number of nitrogens with one attached hydrogen (secondary N) is 1. The highest BCUT2D eigenvalue weighted by molar-refractivity contribution is 5.84. The van der Waals surface area contributed by atoms with Gasteiger partial charge in [-0.3, -0.25) is 9.59 Å². The lowest BCUT2D eigenvalue weighted by Crippen LogP contribution is -2.42. The largest absolute Gasteiger partial charge is 0.350 e. The first-order valence-electron chi connectivity index (χ1n) is 7.91. The molecule has 0 aliphatic carbocycles. The first-order valence-corrected chi connectivity index (χ1v) is 7.91. The average Bonchev–Trinajstić information content (AvgIpc) is 3.10. The molecule has 1 aliphatic heterocycles. The smallest absolute Gasteiger partial charge is 0.243 e. The van der Waals surface area contributed by atoms with Crippen LogP contribution in [0.15, 0.2) is 54.6 Å². The molecule has 2 aromatic carbocycles. The van der Waals surface area contributed by atoms with Crippen LogP contribution in [0.2, 0.25) is 0 Å². The Bertz CT molecular complexity index is 668. The molecule has 1 fully saturated rings. The van der Waals surface area contributed by atoms with Gasteiger partial charge in [-0.05, 0) is 29.5 Å². The number of carbonyl (C=O) groups excluding carboxylic acids is 2. The molecule has 4 heteroatoms. The van der Waals surface area contributed by atoms with Crippen LogP contribution in [0.3, 0.4) is 0 Å². The third-order valence-corrected chi connectivity index (χ3v) is 4.26. The lowest BCUT2D eigenvalue weighted by Gasteiger charge is -2.19. The van der Waals surface area contributed by atoms with E-state index < -0.39 is 0 Å². The third kappa shape index (κ3) is 3.59. The number of hydrogen-bond acceptors (Lipinski definition) is 2. The molecular weight excluding hydrogens is 288 g/mol. The maximum Gasteiger partial charge on any atom is 0.243 e. The summed E-state index contributed by atoms with van der Waals surface area (Å²) in [6.07, 6.45) is 2.41. The van der Waals surface area contributed by atoms with Gasteiger partial charge in [-0.25, -0.2) is 0 Å². The van der Waals surface area contributed by atoms with E-state index in [2.05, 4.69) is 29.6 Å². The number of nitrogens with zero attached hydrogens (tertiary/aromatic N) is 1. The molecule has 0 bridgehead atoms. The Morgan fingerprint density at radius 2 is 1.78 bits per heavy atom. The summed E-state index contributed by atoms with van der Waals surface area (Å²) in [5.41, 5.74) is 3.38. The van der Waals surface area contributed by atoms with Crippen molar-refractivity contribution < 1.29 is 9.59 Å². The van der Waals surface area contributed by atoms with E-state index >= 15 is 0 Å². The maximum absolute atomic E-state index is 12.2. The van der Waals surface area contributed by atoms with Crippen LogP contribution in [0, 0.1) is 0 Å². The minimum Gasteiger partial charge on any atom is -0.350 e. The monoisotopic (exact) mass is 308 g/mol. The van der Waals surface area contributed by atoms with E-state index in [4.69, 9.17) is 0 Å². The molecule has 2 amide bonds. The lowest BCUT2D eigenvalue weighted by molar-refractivity contribution is -0.131. The van der Waals surface area contributed by atoms with Gasteiger partial charge < -0.3 is 10.2 Å². The quantitative estimate of drug-likeness (QED) is 0.863. The Morgan fingerprint density at radius 3 is 2.48 bits per heavy atom. The average molecular weight is 308 g/mol. The van der Waals surface area contributed by atoms with Crippen molar-refractivity contribution in [3.63, 3.8) is 0 Å². The Balaban J connectivity index is 1.58. The molecule has 0 aromatic heterocycles. The van der Waals surface area contributed by atoms with E-state index in [0.717, 1.165) is 30.4 Å². The van der Waals surface area contributed by atoms with Gasteiger partial charge in [0.2, 0.25) is 12.3 Å². The molecule has 1 aliphatic rings. The summed E-state index contributed by atoms with van der Waals surface area (Å²) in [6, 6.07) is 18.0. The summed E-state index contributed by atoms with van der Waals surface area (Å²) < 4.78 is 0. The second kappa shape index (κ2) is 7.09. The van der Waals surface area contributed by atoms with Crippen LogP contribution in [0.1, 0.15) is 18.4 Å². The van der Waals surface area contributed by atoms with Crippen LogP contribution in [0.25, 0.3) is 11.1 Å². The zero-order valence-electron chi connectivity index (χ0n) is 12.9. The van der Waals surface area contributed by atoms with E-state index in [9.17, 15) is 9.59 Å². The molecule has 4 nitrogen and oxygen atoms in total. The topological polar surface area (TPSA) is 49.4 Å². The minimum absolute atomic E-state index is 0.0678. The third-order valence-electron chi connectivity index (χ3n) is 4.26. The summed E-state index contributed by atoms with van der Waals surface area (Å²) >= 11 is 0. The fourth-order valence-electron chi connectivity index (χ4n) is 2.95. The number of hydrogen-bond donors (Lipinski definition) is 1. The second-order valence-electron chi connectivity index (χ2n) is 5.78. The normalized spacial score (nSPS) is 17.0. The van der Waals surface area contributed by atoms with Gasteiger partial charge in [0.25, 0.3) is 0 Å². The fraction of sp³-hybridized carbons (Fsp3) is 0.263. The molecule has 2 aromatic rings. The van der Waals surface area contributed by atoms with E-state index in [1.54, 1.807) is 4.90 Å². The van der Waals surface area contributed by atoms with Crippen molar-refractivity contribution in [2.75, 3.05) is 6.54 Å². The molecule has 118 valence electrons. The molecule has 1 atom stereocenters. The van der Waals surface area contributed by atoms with Crippen molar-refractivity contribution in [1.82, 2.24) is 10.2 Å². The summed E-state index contributed by atoms with van der Waals surface area (Å²) in [5, 5.41) is 2.92. The molecule has 1 N–H and O–H groups in total. The van der Waals surface area contributed by atoms with Crippen molar-refractivity contribution in [2.24, 2.45) is 0 Å². The maximum atomic E-state index is 12.2. The number of rotatable bonds is 5. The van der Waals surface area contributed by atoms with Gasteiger partial charge in [-0.2, -0.15) is 0 Å². The van der Waals surface area contributed by atoms with Gasteiger partial charge in [-0.15, -0.1) is 0 Å². The number of amides is 2. The highest BCUT2D eigenvalue weighted by atomic mass is 16.2. The number of benzene rings is 2. The lowest BCUT2D eigenvalue weighted by atomic mass is 10.0. The fourth-order valence-corrected chi connectivity index (χ4v) is 2.95. The Kier molecular flexibility index (Phi) is 4.71. The highest BCUT2D eigenvalue weighted by Gasteiger charge is 2.29. The van der Waals surface area contributed by atoms with E-state index in [1.807, 2.05) is 30.3 Å². The predicted molar refractivity (Wildman–Crippen MR) is 89.5 cm³/mol. The summed E-state index contributed by atoms with van der Waals surface area (Å²) in [5.74, 6) is -0.0678. The number of carbonyl (C=O) groups is 2. The molecule has 3 rings (SSSR count). The summed E-state index contributed by atoms with van der Waals surface area (Å²) in [7, 11) is 0. The summed E-state index contributed by atoms with van der Waals surface area (Å²) in [4.78, 5) is 24.7. The molecule has 1 unspecified atom stereocenters. The van der Waals surface area contributed by atoms with Crippen molar-refractivity contribution >= 4 is 12.3 Å². The van der Waals surface area contributed by atoms with Gasteiger partial charge in [-0.1, -0.05) is 54.6 Å². The van der Waals surface area contributed by atoms with Crippen molar-refractivity contribution in [3.8, 4) is 11.1 Å². The van der Waals surface area contributed by atoms with Crippen LogP contribution in [0.5, 0.6) is 0 Å². The zero-order chi connectivity index (χ0) is 16.1. The molecular formula is C19H20N2O2. The Morgan fingerprint density at radius 1 is 1.09 bits per heavy atom. The van der Waals surface area contributed by atoms with Gasteiger partial charge >= 0.3 is 0 Å². The Hall–Kier alpha value is -2.62. The first kappa shape index (κ1) is 15.3. The molecule has 1 heterocycles. The SMILES string of the molecule is O=CN1CCCC1C(=O)NCc1ccc(-c2ccccc2)cc1. The highest BCUT2D eigenvalue weighted by Crippen LogP contribution is 2.19. The first-order chi connectivity index (χ1) is 11.3. The number of likely N-dealkylation sites (tertiary alicyclic amines) is 1. The van der Waals surface area contributed by atoms with Crippen molar-refractivity contribution in [2.45, 2.75) is 25.4 Å². The van der Waals surface area contributed by atoms with Gasteiger partial charge in [0.15, 0.2) is 0 Å². The molecule has 0 saturated carbocycles. The van der Waals surface area contributed by atoms with E-state index in [-0.39, 0.29) is 11.9 Å². The molecule has 1 saturated heterocycles. The van der Waals surface area contributed by atoms with Crippen molar-refractivity contribution in [3.05, 3.63) is 60.2 Å². The van der Waals surface area contributed by atoms with E-state index in [0.29, 0.717) is 13.1 Å². The standard InChI is InChI=1S/C19H20N2O2/c22-14-21-12-4-7-18(21)19(23)20-13-15-8-10-17(11-9-15)16-5-2-1-3-6-16/h1-3,5-6,8-11,14,18H,4,7,12-13H2,(H,20,23). The van der Waals surface area contributed by atoms with Crippen LogP contribution in [-0.2, 0) is 16.1 Å². The predicted octanol–water partition coefficient (Wildman–Crippen LogP) is 2.59. The molecule has 0 radical (unpaired) electrons. The van der Waals surface area contributed by atoms with Gasteiger partial charge in [0.05, 0.1) is 0 Å². The van der Waals surface area contributed by atoms with Gasteiger partial charge in [0, 0.05) is 13.1 Å². The van der Waals surface area contributed by atoms with Crippen molar-refractivity contribution in [1.29, 1.82) is 0 Å². The summed E-state index contributed by atoms with van der Waals surface area (Å²) in [6.45, 7) is 1.16. The minimum atomic E-state index is -0.309. The van der Waals surface area contributed by atoms with Crippen LogP contribution in [-0.4, -0.2) is 29.8 Å². The van der Waals surface area contributed by atoms with Crippen LogP contribution in [0.4, 0.5) is 0 Å². The van der Waals surface area contributed by atoms with Gasteiger partial charge in [0.1, 0.15) is 6.04 Å². The molecule has 0 spiro atoms.